The molecule has 1 aromatic rings. The summed E-state index contributed by atoms with van der Waals surface area (Å²) in [5, 5.41) is 3.29. The molecule has 20 heavy (non-hydrogen) atoms. The number of nitrogens with one attached hydrogen (secondary N) is 1. The van der Waals surface area contributed by atoms with Gasteiger partial charge in [0, 0.05) is 36.6 Å². The SMILES string of the molecule is CC1CNCCN1C(=O)CCCOc1cccc(Br)c1. The molecule has 1 N–H and O–H groups in total. The van der Waals surface area contributed by atoms with Crippen LogP contribution in [0.3, 0.4) is 0 Å². The average Bonchev–Trinajstić information content (AvgIpc) is 2.44. The maximum Gasteiger partial charge on any atom is 0.223 e. The quantitative estimate of drug-likeness (QED) is 0.837. The Morgan fingerprint density at radius 1 is 1.55 bits per heavy atom. The van der Waals surface area contributed by atoms with Gasteiger partial charge in [-0.1, -0.05) is 22.0 Å². The van der Waals surface area contributed by atoms with Crippen molar-refractivity contribution >= 4 is 21.8 Å². The number of hydrogen-bond donors (Lipinski definition) is 1. The molecule has 5 heteroatoms. The van der Waals surface area contributed by atoms with Crippen molar-refractivity contribution in [1.82, 2.24) is 10.2 Å². The van der Waals surface area contributed by atoms with Crippen LogP contribution < -0.4 is 10.1 Å². The van der Waals surface area contributed by atoms with Crippen LogP contribution in [0.15, 0.2) is 28.7 Å². The third-order valence-corrected chi connectivity index (χ3v) is 3.91. The second-order valence-electron chi connectivity index (χ2n) is 5.05. The summed E-state index contributed by atoms with van der Waals surface area (Å²) in [7, 11) is 0. The Morgan fingerprint density at radius 3 is 3.15 bits per heavy atom. The summed E-state index contributed by atoms with van der Waals surface area (Å²) >= 11 is 3.41. The standard InChI is InChI=1S/C15H21BrN2O2/c1-12-11-17-7-8-18(12)15(19)6-3-9-20-14-5-2-4-13(16)10-14/h2,4-5,10,12,17H,3,6-9,11H2,1H3. The van der Waals surface area contributed by atoms with E-state index in [-0.39, 0.29) is 5.91 Å². The summed E-state index contributed by atoms with van der Waals surface area (Å²) in [6.07, 6.45) is 1.31. The summed E-state index contributed by atoms with van der Waals surface area (Å²) in [5.74, 6) is 1.07. The molecule has 1 aromatic carbocycles. The van der Waals surface area contributed by atoms with Crippen LogP contribution >= 0.6 is 15.9 Å². The van der Waals surface area contributed by atoms with Crippen LogP contribution in [0.4, 0.5) is 0 Å². The largest absolute Gasteiger partial charge is 0.494 e. The first-order valence-electron chi connectivity index (χ1n) is 7.05. The molecule has 0 radical (unpaired) electrons. The number of rotatable bonds is 5. The zero-order valence-corrected chi connectivity index (χ0v) is 13.4. The topological polar surface area (TPSA) is 41.6 Å². The van der Waals surface area contributed by atoms with Crippen LogP contribution in [0.5, 0.6) is 5.75 Å². The zero-order valence-electron chi connectivity index (χ0n) is 11.8. The van der Waals surface area contributed by atoms with Crippen molar-refractivity contribution in [2.75, 3.05) is 26.2 Å². The second-order valence-corrected chi connectivity index (χ2v) is 5.97. The minimum absolute atomic E-state index is 0.233. The molecule has 110 valence electrons. The molecule has 1 aliphatic rings. The summed E-state index contributed by atoms with van der Waals surface area (Å²) in [4.78, 5) is 14.1. The molecular formula is C15H21BrN2O2. The van der Waals surface area contributed by atoms with Gasteiger partial charge in [0.15, 0.2) is 0 Å². The predicted molar refractivity (Wildman–Crippen MR) is 82.9 cm³/mol. The summed E-state index contributed by atoms with van der Waals surface area (Å²) in [5.41, 5.74) is 0. The Morgan fingerprint density at radius 2 is 2.40 bits per heavy atom. The van der Waals surface area contributed by atoms with Gasteiger partial charge in [-0.3, -0.25) is 4.79 Å². The maximum atomic E-state index is 12.1. The lowest BCUT2D eigenvalue weighted by Gasteiger charge is -2.34. The van der Waals surface area contributed by atoms with E-state index in [1.807, 2.05) is 29.2 Å². The van der Waals surface area contributed by atoms with Gasteiger partial charge in [0.05, 0.1) is 6.61 Å². The van der Waals surface area contributed by atoms with E-state index in [0.29, 0.717) is 19.1 Å². The highest BCUT2D eigenvalue weighted by Crippen LogP contribution is 2.18. The van der Waals surface area contributed by atoms with E-state index in [9.17, 15) is 4.79 Å². The van der Waals surface area contributed by atoms with Crippen molar-refractivity contribution in [2.24, 2.45) is 0 Å². The van der Waals surface area contributed by atoms with Crippen molar-refractivity contribution in [3.05, 3.63) is 28.7 Å². The van der Waals surface area contributed by atoms with Gasteiger partial charge in [0.25, 0.3) is 0 Å². The van der Waals surface area contributed by atoms with E-state index in [0.717, 1.165) is 36.3 Å². The number of piperazine rings is 1. The molecule has 0 spiro atoms. The number of amides is 1. The van der Waals surface area contributed by atoms with Crippen LogP contribution in [-0.2, 0) is 4.79 Å². The van der Waals surface area contributed by atoms with Crippen LogP contribution in [0.2, 0.25) is 0 Å². The monoisotopic (exact) mass is 340 g/mol. The van der Waals surface area contributed by atoms with Gasteiger partial charge < -0.3 is 15.0 Å². The Balaban J connectivity index is 1.69. The fourth-order valence-corrected chi connectivity index (χ4v) is 2.70. The minimum Gasteiger partial charge on any atom is -0.494 e. The number of nitrogens with zero attached hydrogens (tertiary/aromatic N) is 1. The fraction of sp³-hybridized carbons (Fsp3) is 0.533. The number of hydrogen-bond acceptors (Lipinski definition) is 3. The van der Waals surface area contributed by atoms with Gasteiger partial charge in [0.1, 0.15) is 5.75 Å². The first-order valence-corrected chi connectivity index (χ1v) is 7.84. The zero-order chi connectivity index (χ0) is 14.4. The third-order valence-electron chi connectivity index (χ3n) is 3.42. The van der Waals surface area contributed by atoms with Gasteiger partial charge >= 0.3 is 0 Å². The molecule has 1 atom stereocenters. The predicted octanol–water partition coefficient (Wildman–Crippen LogP) is 2.43. The van der Waals surface area contributed by atoms with Gasteiger partial charge in [0.2, 0.25) is 5.91 Å². The van der Waals surface area contributed by atoms with Crippen LogP contribution in [0, 0.1) is 0 Å². The summed E-state index contributed by atoms with van der Waals surface area (Å²) < 4.78 is 6.64. The van der Waals surface area contributed by atoms with Crippen molar-refractivity contribution < 1.29 is 9.53 Å². The number of carbonyl (C=O) groups excluding carboxylic acids is 1. The molecule has 0 bridgehead atoms. The van der Waals surface area contributed by atoms with Crippen molar-refractivity contribution in [2.45, 2.75) is 25.8 Å². The van der Waals surface area contributed by atoms with E-state index < -0.39 is 0 Å². The fourth-order valence-electron chi connectivity index (χ4n) is 2.33. The Hall–Kier alpha value is -1.07. The van der Waals surface area contributed by atoms with Crippen LogP contribution in [-0.4, -0.2) is 43.1 Å². The Kier molecular flexibility index (Phi) is 5.86. The molecule has 0 aromatic heterocycles. The van der Waals surface area contributed by atoms with Gasteiger partial charge in [-0.25, -0.2) is 0 Å². The van der Waals surface area contributed by atoms with E-state index in [4.69, 9.17) is 4.74 Å². The first kappa shape index (κ1) is 15.3. The Labute approximate surface area is 128 Å². The number of benzene rings is 1. The highest BCUT2D eigenvalue weighted by molar-refractivity contribution is 9.10. The van der Waals surface area contributed by atoms with Crippen molar-refractivity contribution in [3.63, 3.8) is 0 Å². The highest BCUT2D eigenvalue weighted by atomic mass is 79.9. The van der Waals surface area contributed by atoms with E-state index in [2.05, 4.69) is 28.2 Å². The van der Waals surface area contributed by atoms with E-state index in [1.54, 1.807) is 0 Å². The Bertz CT molecular complexity index is 453. The summed E-state index contributed by atoms with van der Waals surface area (Å²) in [6, 6.07) is 8.04. The molecule has 1 aliphatic heterocycles. The highest BCUT2D eigenvalue weighted by Gasteiger charge is 2.22. The molecule has 0 aliphatic carbocycles. The maximum absolute atomic E-state index is 12.1. The van der Waals surface area contributed by atoms with E-state index >= 15 is 0 Å². The second kappa shape index (κ2) is 7.64. The molecule has 1 heterocycles. The van der Waals surface area contributed by atoms with Crippen LogP contribution in [0.25, 0.3) is 0 Å². The lowest BCUT2D eigenvalue weighted by molar-refractivity contribution is -0.134. The lowest BCUT2D eigenvalue weighted by atomic mass is 10.2. The normalized spacial score (nSPS) is 18.9. The third kappa shape index (κ3) is 4.49. The molecule has 0 saturated carbocycles. The van der Waals surface area contributed by atoms with Gasteiger partial charge in [-0.05, 0) is 31.5 Å². The van der Waals surface area contributed by atoms with Crippen molar-refractivity contribution in [3.8, 4) is 5.75 Å². The molecule has 1 fully saturated rings. The minimum atomic E-state index is 0.233. The van der Waals surface area contributed by atoms with Gasteiger partial charge in [-0.2, -0.15) is 0 Å². The molecule has 1 amide bonds. The van der Waals surface area contributed by atoms with Crippen molar-refractivity contribution in [1.29, 1.82) is 0 Å². The molecule has 2 rings (SSSR count). The molecule has 4 nitrogen and oxygen atoms in total. The smallest absolute Gasteiger partial charge is 0.223 e. The lowest BCUT2D eigenvalue weighted by Crippen LogP contribution is -2.52. The molecule has 1 unspecified atom stereocenters. The van der Waals surface area contributed by atoms with Gasteiger partial charge in [-0.15, -0.1) is 0 Å². The number of halogens is 1. The first-order chi connectivity index (χ1) is 9.66. The molecular weight excluding hydrogens is 320 g/mol. The number of ether oxygens (including phenoxy) is 1. The van der Waals surface area contributed by atoms with Crippen LogP contribution in [0.1, 0.15) is 19.8 Å². The molecule has 1 saturated heterocycles. The number of carbonyl (C=O) groups is 1. The summed E-state index contributed by atoms with van der Waals surface area (Å²) in [6.45, 7) is 5.25. The average molecular weight is 341 g/mol. The van der Waals surface area contributed by atoms with E-state index in [1.165, 1.54) is 0 Å².